The van der Waals surface area contributed by atoms with Crippen LogP contribution in [0.5, 0.6) is 5.75 Å². The molecule has 0 spiro atoms. The maximum atomic E-state index is 14.1. The number of carbonyl (C=O) groups excluding carboxylic acids is 1. The van der Waals surface area contributed by atoms with Crippen LogP contribution in [0, 0.1) is 5.82 Å². The third-order valence-corrected chi connectivity index (χ3v) is 3.53. The number of hydrogen-bond donors (Lipinski definition) is 1. The maximum Gasteiger partial charge on any atom is 0.168 e. The Morgan fingerprint density at radius 1 is 1.35 bits per heavy atom. The van der Waals surface area contributed by atoms with E-state index in [9.17, 15) is 14.3 Å². The van der Waals surface area contributed by atoms with Crippen LogP contribution >= 0.6 is 0 Å². The number of aliphatic hydroxyl groups is 1. The van der Waals surface area contributed by atoms with Gasteiger partial charge in [-0.1, -0.05) is 29.9 Å². The zero-order chi connectivity index (χ0) is 19.5. The number of carbonyl (C=O) groups is 1. The van der Waals surface area contributed by atoms with E-state index in [1.54, 1.807) is 12.1 Å². The highest BCUT2D eigenvalue weighted by Crippen LogP contribution is 2.19. The van der Waals surface area contributed by atoms with Crippen molar-refractivity contribution >= 4 is 5.78 Å². The zero-order valence-corrected chi connectivity index (χ0v) is 15.7. The Bertz CT molecular complexity index is 663. The second-order valence-electron chi connectivity index (χ2n) is 6.37. The number of aliphatic hydroxyl groups excluding tert-OH is 1. The van der Waals surface area contributed by atoms with Crippen LogP contribution < -0.4 is 4.74 Å². The molecule has 0 saturated heterocycles. The van der Waals surface area contributed by atoms with Crippen LogP contribution in [0.25, 0.3) is 0 Å². The third-order valence-electron chi connectivity index (χ3n) is 3.53. The minimum atomic E-state index is -0.910. The van der Waals surface area contributed by atoms with Crippen molar-refractivity contribution in [3.05, 3.63) is 66.0 Å². The minimum Gasteiger partial charge on any atom is -0.489 e. The lowest BCUT2D eigenvalue weighted by Gasteiger charge is -2.10. The van der Waals surface area contributed by atoms with Gasteiger partial charge >= 0.3 is 0 Å². The summed E-state index contributed by atoms with van der Waals surface area (Å²) in [5, 5.41) is 9.78. The molecule has 1 atom stereocenters. The van der Waals surface area contributed by atoms with Gasteiger partial charge in [-0.2, -0.15) is 0 Å². The number of ketones is 1. The molecule has 0 amide bonds. The molecular weight excluding hydrogens is 333 g/mol. The molecule has 1 unspecified atom stereocenters. The number of Topliss-reactive ketones (excluding diaryl/α,β-unsaturated/α-hetero) is 1. The molecule has 0 heterocycles. The molecule has 5 heteroatoms. The summed E-state index contributed by atoms with van der Waals surface area (Å²) >= 11 is 0. The average molecular weight is 361 g/mol. The summed E-state index contributed by atoms with van der Waals surface area (Å²) in [6.07, 6.45) is 6.16. The van der Waals surface area contributed by atoms with E-state index in [2.05, 4.69) is 11.5 Å². The predicted molar refractivity (Wildman–Crippen MR) is 103 cm³/mol. The first-order valence-corrected chi connectivity index (χ1v) is 8.56. The lowest BCUT2D eigenvalue weighted by Crippen LogP contribution is -2.17. The van der Waals surface area contributed by atoms with Gasteiger partial charge in [0, 0.05) is 25.6 Å². The molecule has 1 aromatic rings. The van der Waals surface area contributed by atoms with Gasteiger partial charge < -0.3 is 9.84 Å². The van der Waals surface area contributed by atoms with Crippen LogP contribution in [0.2, 0.25) is 0 Å². The van der Waals surface area contributed by atoms with Gasteiger partial charge in [-0.25, -0.2) is 4.39 Å². The number of benzene rings is 1. The van der Waals surface area contributed by atoms with Crippen molar-refractivity contribution in [1.29, 1.82) is 0 Å². The molecule has 4 nitrogen and oxygen atoms in total. The van der Waals surface area contributed by atoms with E-state index in [1.807, 2.05) is 39.1 Å². The minimum absolute atomic E-state index is 0.0415. The second kappa shape index (κ2) is 11.4. The second-order valence-corrected chi connectivity index (χ2v) is 6.37. The van der Waals surface area contributed by atoms with Crippen LogP contribution in [-0.4, -0.2) is 48.6 Å². The monoisotopic (exact) mass is 361 g/mol. The van der Waals surface area contributed by atoms with E-state index in [4.69, 9.17) is 4.74 Å². The van der Waals surface area contributed by atoms with Gasteiger partial charge in [0.2, 0.25) is 0 Å². The van der Waals surface area contributed by atoms with Crippen LogP contribution in [0.4, 0.5) is 4.39 Å². The van der Waals surface area contributed by atoms with E-state index in [-0.39, 0.29) is 12.0 Å². The molecule has 142 valence electrons. The van der Waals surface area contributed by atoms with Crippen molar-refractivity contribution in [1.82, 2.24) is 4.90 Å². The number of likely N-dealkylation sites (N-methyl/N-ethyl adjacent to an activating group) is 1. The summed E-state index contributed by atoms with van der Waals surface area (Å²) in [5.74, 6) is -0.733. The smallest absolute Gasteiger partial charge is 0.168 e. The van der Waals surface area contributed by atoms with Gasteiger partial charge in [0.25, 0.3) is 0 Å². The fraction of sp³-hybridized carbons (Fsp3) is 0.381. The Kier molecular flexibility index (Phi) is 9.55. The van der Waals surface area contributed by atoms with Gasteiger partial charge in [-0.15, -0.1) is 6.58 Å². The van der Waals surface area contributed by atoms with Gasteiger partial charge in [-0.05, 0) is 33.0 Å². The third kappa shape index (κ3) is 8.23. The Morgan fingerprint density at radius 2 is 2.08 bits per heavy atom. The Hall–Kier alpha value is -2.24. The summed E-state index contributed by atoms with van der Waals surface area (Å²) in [7, 11) is 1.98. The van der Waals surface area contributed by atoms with Gasteiger partial charge in [0.15, 0.2) is 5.78 Å². The SMILES string of the molecule is C=CCN(C)C/C=C/COc1ccc(C(=O)CC(O)C=C(C)C)c(F)c1. The molecule has 0 saturated carbocycles. The first-order chi connectivity index (χ1) is 12.3. The lowest BCUT2D eigenvalue weighted by atomic mass is 10.0. The van der Waals surface area contributed by atoms with Gasteiger partial charge in [0.1, 0.15) is 18.2 Å². The van der Waals surface area contributed by atoms with Crippen molar-refractivity contribution in [3.63, 3.8) is 0 Å². The molecule has 0 aromatic heterocycles. The van der Waals surface area contributed by atoms with Crippen molar-refractivity contribution in [2.24, 2.45) is 0 Å². The first kappa shape index (κ1) is 21.8. The normalized spacial score (nSPS) is 12.2. The molecule has 0 aliphatic carbocycles. The summed E-state index contributed by atoms with van der Waals surface area (Å²) in [4.78, 5) is 14.2. The molecule has 1 aromatic carbocycles. The summed E-state index contributed by atoms with van der Waals surface area (Å²) in [6.45, 7) is 9.21. The first-order valence-electron chi connectivity index (χ1n) is 8.56. The number of ether oxygens (including phenoxy) is 1. The number of allylic oxidation sites excluding steroid dienone is 1. The van der Waals surface area contributed by atoms with Crippen LogP contribution in [0.15, 0.2) is 54.7 Å². The average Bonchev–Trinajstić information content (AvgIpc) is 2.53. The van der Waals surface area contributed by atoms with Crippen molar-refractivity contribution in [2.75, 3.05) is 26.7 Å². The molecule has 0 aliphatic rings. The molecule has 0 radical (unpaired) electrons. The van der Waals surface area contributed by atoms with E-state index in [0.29, 0.717) is 12.4 Å². The number of nitrogens with zero attached hydrogens (tertiary/aromatic N) is 1. The molecule has 26 heavy (non-hydrogen) atoms. The van der Waals surface area contributed by atoms with E-state index in [0.717, 1.165) is 18.7 Å². The Labute approximate surface area is 155 Å². The van der Waals surface area contributed by atoms with E-state index >= 15 is 0 Å². The number of hydrogen-bond acceptors (Lipinski definition) is 4. The molecule has 1 N–H and O–H groups in total. The molecule has 0 bridgehead atoms. The highest BCUT2D eigenvalue weighted by molar-refractivity contribution is 5.96. The lowest BCUT2D eigenvalue weighted by molar-refractivity contribution is 0.0918. The number of rotatable bonds is 11. The van der Waals surface area contributed by atoms with E-state index in [1.165, 1.54) is 12.1 Å². The van der Waals surface area contributed by atoms with Crippen LogP contribution in [0.3, 0.4) is 0 Å². The quantitative estimate of drug-likeness (QED) is 0.481. The largest absolute Gasteiger partial charge is 0.489 e. The maximum absolute atomic E-state index is 14.1. The van der Waals surface area contributed by atoms with Crippen LogP contribution in [0.1, 0.15) is 30.6 Å². The highest BCUT2D eigenvalue weighted by Gasteiger charge is 2.15. The predicted octanol–water partition coefficient (Wildman–Crippen LogP) is 3.78. The van der Waals surface area contributed by atoms with Crippen molar-refractivity contribution in [3.8, 4) is 5.75 Å². The fourth-order valence-electron chi connectivity index (χ4n) is 2.32. The van der Waals surface area contributed by atoms with Gasteiger partial charge in [-0.3, -0.25) is 9.69 Å². The molecule has 0 fully saturated rings. The zero-order valence-electron chi connectivity index (χ0n) is 15.7. The number of halogens is 1. The summed E-state index contributed by atoms with van der Waals surface area (Å²) in [6, 6.07) is 4.14. The van der Waals surface area contributed by atoms with Crippen molar-refractivity contribution < 1.29 is 19.0 Å². The van der Waals surface area contributed by atoms with Crippen LogP contribution in [-0.2, 0) is 0 Å². The molecule has 0 aliphatic heterocycles. The standard InChI is InChI=1S/C21H28FNO3/c1-5-10-23(4)11-6-7-12-26-18-8-9-19(20(22)15-18)21(25)14-17(24)13-16(2)3/h5-9,13,15,17,24H,1,10-12,14H2,2-4H3/b7-6+. The van der Waals surface area contributed by atoms with Crippen molar-refractivity contribution in [2.45, 2.75) is 26.4 Å². The summed E-state index contributed by atoms with van der Waals surface area (Å²) < 4.78 is 19.6. The molecular formula is C21H28FNO3. The Balaban J connectivity index is 2.56. The highest BCUT2D eigenvalue weighted by atomic mass is 19.1. The summed E-state index contributed by atoms with van der Waals surface area (Å²) in [5.41, 5.74) is 0.860. The fourth-order valence-corrected chi connectivity index (χ4v) is 2.32. The van der Waals surface area contributed by atoms with E-state index < -0.39 is 17.7 Å². The Morgan fingerprint density at radius 3 is 2.69 bits per heavy atom. The topological polar surface area (TPSA) is 49.8 Å². The van der Waals surface area contributed by atoms with Gasteiger partial charge in [0.05, 0.1) is 11.7 Å². The molecule has 1 rings (SSSR count).